The number of nitrogens with zero attached hydrogens (tertiary/aromatic N) is 1. The Bertz CT molecular complexity index is 467. The molecule has 0 saturated carbocycles. The lowest BCUT2D eigenvalue weighted by Crippen LogP contribution is -2.51. The van der Waals surface area contributed by atoms with Gasteiger partial charge in [-0.2, -0.15) is 0 Å². The van der Waals surface area contributed by atoms with E-state index in [0.29, 0.717) is 30.7 Å². The van der Waals surface area contributed by atoms with Gasteiger partial charge in [-0.25, -0.2) is 13.2 Å². The molecule has 0 bridgehead atoms. The average molecular weight is 353 g/mol. The Hall–Kier alpha value is -0.630. The molecule has 1 aliphatic heterocycles. The van der Waals surface area contributed by atoms with Crippen molar-refractivity contribution >= 4 is 15.9 Å². The summed E-state index contributed by atoms with van der Waals surface area (Å²) in [4.78, 5) is 1.51. The molecule has 7 heteroatoms. The predicted octanol–water partition coefficient (Wildman–Crippen LogP) is 2.16. The smallest absolute Gasteiger partial charge is 0.290 e. The topological polar surface area (TPSA) is 35.5 Å². The van der Waals surface area contributed by atoms with Crippen molar-refractivity contribution in [2.24, 2.45) is 0 Å². The highest BCUT2D eigenvalue weighted by Gasteiger charge is 2.45. The number of benzene rings is 1. The molecule has 2 N–H and O–H groups in total. The van der Waals surface area contributed by atoms with Crippen LogP contribution in [0.25, 0.3) is 0 Å². The van der Waals surface area contributed by atoms with E-state index in [1.165, 1.54) is 17.0 Å². The van der Waals surface area contributed by atoms with Crippen molar-refractivity contribution in [3.05, 3.63) is 34.1 Å². The monoisotopic (exact) mass is 352 g/mol. The molecular weight excluding hydrogens is 337 g/mol. The maximum absolute atomic E-state index is 14.1. The lowest BCUT2D eigenvalue weighted by atomic mass is 9.97. The second-order valence-electron chi connectivity index (χ2n) is 4.77. The molecule has 1 atom stereocenters. The molecule has 0 spiro atoms. The summed E-state index contributed by atoms with van der Waals surface area (Å²) < 4.78 is 42.7. The van der Waals surface area contributed by atoms with Gasteiger partial charge < -0.3 is 10.4 Å². The zero-order valence-electron chi connectivity index (χ0n) is 10.8. The standard InChI is InChI=1S/C13H16BrF3N2O/c14-9-1-2-11(15)10(7-9)12(13(16,17)8-20)19-5-3-18-4-6-19/h1-2,7,12,18,20H,3-6,8H2/t12-/m1/s1. The molecule has 1 aromatic carbocycles. The van der Waals surface area contributed by atoms with Gasteiger partial charge in [0, 0.05) is 36.2 Å². The van der Waals surface area contributed by atoms with Crippen molar-refractivity contribution < 1.29 is 18.3 Å². The van der Waals surface area contributed by atoms with Crippen LogP contribution in [0.4, 0.5) is 13.2 Å². The van der Waals surface area contributed by atoms with Crippen LogP contribution in [-0.4, -0.2) is 48.7 Å². The van der Waals surface area contributed by atoms with Crippen LogP contribution < -0.4 is 5.32 Å². The molecule has 3 nitrogen and oxygen atoms in total. The van der Waals surface area contributed by atoms with E-state index >= 15 is 0 Å². The summed E-state index contributed by atoms with van der Waals surface area (Å²) in [6, 6.07) is 2.50. The fourth-order valence-electron chi connectivity index (χ4n) is 2.44. The first-order valence-corrected chi connectivity index (χ1v) is 7.13. The quantitative estimate of drug-likeness (QED) is 0.871. The van der Waals surface area contributed by atoms with Crippen molar-refractivity contribution in [2.75, 3.05) is 32.8 Å². The number of rotatable bonds is 4. The molecule has 1 aliphatic rings. The number of alkyl halides is 2. The molecule has 0 amide bonds. The van der Waals surface area contributed by atoms with Gasteiger partial charge in [0.05, 0.1) is 0 Å². The molecule has 1 saturated heterocycles. The third-order valence-electron chi connectivity index (χ3n) is 3.38. The summed E-state index contributed by atoms with van der Waals surface area (Å²) in [5.74, 6) is -4.09. The van der Waals surface area contributed by atoms with Crippen molar-refractivity contribution in [3.8, 4) is 0 Å². The fraction of sp³-hybridized carbons (Fsp3) is 0.538. The van der Waals surface area contributed by atoms with Gasteiger partial charge in [0.1, 0.15) is 18.5 Å². The van der Waals surface area contributed by atoms with Gasteiger partial charge in [0.2, 0.25) is 0 Å². The van der Waals surface area contributed by atoms with E-state index in [9.17, 15) is 13.2 Å². The molecule has 1 heterocycles. The lowest BCUT2D eigenvalue weighted by Gasteiger charge is -2.38. The highest BCUT2D eigenvalue weighted by Crippen LogP contribution is 2.38. The summed E-state index contributed by atoms with van der Waals surface area (Å²) in [5, 5.41) is 12.1. The molecule has 112 valence electrons. The van der Waals surface area contributed by atoms with Gasteiger partial charge in [-0.3, -0.25) is 4.90 Å². The van der Waals surface area contributed by atoms with E-state index in [0.717, 1.165) is 6.07 Å². The highest BCUT2D eigenvalue weighted by molar-refractivity contribution is 9.10. The second kappa shape index (κ2) is 6.43. The van der Waals surface area contributed by atoms with Crippen LogP contribution in [0, 0.1) is 5.82 Å². The fourth-order valence-corrected chi connectivity index (χ4v) is 2.82. The summed E-state index contributed by atoms with van der Waals surface area (Å²) in [6.45, 7) is 0.577. The first-order valence-electron chi connectivity index (χ1n) is 6.34. The van der Waals surface area contributed by atoms with Gasteiger partial charge in [0.15, 0.2) is 0 Å². The molecule has 0 aromatic heterocycles. The largest absolute Gasteiger partial charge is 0.390 e. The number of hydrogen-bond acceptors (Lipinski definition) is 3. The van der Waals surface area contributed by atoms with E-state index in [1.807, 2.05) is 0 Å². The lowest BCUT2D eigenvalue weighted by molar-refractivity contribution is -0.119. The van der Waals surface area contributed by atoms with E-state index in [-0.39, 0.29) is 5.56 Å². The Kier molecular flexibility index (Phi) is 5.06. The first kappa shape index (κ1) is 15.8. The van der Waals surface area contributed by atoms with Crippen LogP contribution in [0.15, 0.2) is 22.7 Å². The number of aliphatic hydroxyl groups excluding tert-OH is 1. The number of piperazine rings is 1. The molecule has 1 fully saturated rings. The Balaban J connectivity index is 2.42. The van der Waals surface area contributed by atoms with Crippen LogP contribution in [-0.2, 0) is 0 Å². The predicted molar refractivity (Wildman–Crippen MR) is 73.3 cm³/mol. The van der Waals surface area contributed by atoms with Crippen molar-refractivity contribution in [1.82, 2.24) is 10.2 Å². The van der Waals surface area contributed by atoms with Crippen LogP contribution in [0.1, 0.15) is 11.6 Å². The minimum atomic E-state index is -3.40. The minimum absolute atomic E-state index is 0.0969. The van der Waals surface area contributed by atoms with E-state index in [2.05, 4.69) is 21.2 Å². The number of halogens is 4. The summed E-state index contributed by atoms with van der Waals surface area (Å²) in [6.07, 6.45) is 0. The molecule has 0 aliphatic carbocycles. The SMILES string of the molecule is OCC(F)(F)[C@@H](c1cc(Br)ccc1F)N1CCNCC1. The van der Waals surface area contributed by atoms with E-state index in [4.69, 9.17) is 5.11 Å². The number of hydrogen-bond donors (Lipinski definition) is 2. The number of nitrogens with one attached hydrogen (secondary N) is 1. The van der Waals surface area contributed by atoms with Crippen LogP contribution in [0.5, 0.6) is 0 Å². The molecular formula is C13H16BrF3N2O. The maximum atomic E-state index is 14.1. The highest BCUT2D eigenvalue weighted by atomic mass is 79.9. The van der Waals surface area contributed by atoms with Gasteiger partial charge in [-0.05, 0) is 18.2 Å². The normalized spacial score (nSPS) is 19.1. The third-order valence-corrected chi connectivity index (χ3v) is 3.87. The van der Waals surface area contributed by atoms with Crippen molar-refractivity contribution in [3.63, 3.8) is 0 Å². The molecule has 20 heavy (non-hydrogen) atoms. The van der Waals surface area contributed by atoms with Crippen LogP contribution in [0.3, 0.4) is 0 Å². The van der Waals surface area contributed by atoms with Crippen LogP contribution >= 0.6 is 15.9 Å². The Morgan fingerprint density at radius 1 is 1.35 bits per heavy atom. The molecule has 2 rings (SSSR count). The van der Waals surface area contributed by atoms with Crippen LogP contribution in [0.2, 0.25) is 0 Å². The Morgan fingerprint density at radius 2 is 2.00 bits per heavy atom. The zero-order chi connectivity index (χ0) is 14.8. The van der Waals surface area contributed by atoms with E-state index in [1.54, 1.807) is 0 Å². The molecule has 1 aromatic rings. The molecule has 0 unspecified atom stereocenters. The number of aliphatic hydroxyl groups is 1. The van der Waals surface area contributed by atoms with Gasteiger partial charge in [-0.1, -0.05) is 15.9 Å². The van der Waals surface area contributed by atoms with Gasteiger partial charge in [0.25, 0.3) is 5.92 Å². The Labute approximate surface area is 123 Å². The second-order valence-corrected chi connectivity index (χ2v) is 5.69. The van der Waals surface area contributed by atoms with Crippen molar-refractivity contribution in [2.45, 2.75) is 12.0 Å². The summed E-state index contributed by atoms with van der Waals surface area (Å²) in [7, 11) is 0. The minimum Gasteiger partial charge on any atom is -0.390 e. The average Bonchev–Trinajstić information content (AvgIpc) is 2.44. The van der Waals surface area contributed by atoms with Gasteiger partial charge >= 0.3 is 0 Å². The maximum Gasteiger partial charge on any atom is 0.290 e. The molecule has 0 radical (unpaired) electrons. The first-order chi connectivity index (χ1) is 9.45. The van der Waals surface area contributed by atoms with Crippen molar-refractivity contribution in [1.29, 1.82) is 0 Å². The summed E-state index contributed by atoms with van der Waals surface area (Å²) in [5.41, 5.74) is -0.0969. The van der Waals surface area contributed by atoms with Gasteiger partial charge in [-0.15, -0.1) is 0 Å². The third kappa shape index (κ3) is 3.33. The summed E-state index contributed by atoms with van der Waals surface area (Å²) >= 11 is 3.17. The van der Waals surface area contributed by atoms with E-state index < -0.39 is 24.4 Å². The zero-order valence-corrected chi connectivity index (χ0v) is 12.3. The Morgan fingerprint density at radius 3 is 2.60 bits per heavy atom.